The van der Waals surface area contributed by atoms with Crippen LogP contribution in [0.5, 0.6) is 0 Å². The van der Waals surface area contributed by atoms with E-state index in [2.05, 4.69) is 10.1 Å². The quantitative estimate of drug-likeness (QED) is 0.721. The monoisotopic (exact) mass is 214 g/mol. The number of aliphatic hydroxyl groups is 1. The van der Waals surface area contributed by atoms with Gasteiger partial charge in [-0.3, -0.25) is 0 Å². The summed E-state index contributed by atoms with van der Waals surface area (Å²) >= 11 is 0. The van der Waals surface area contributed by atoms with Crippen LogP contribution in [0.1, 0.15) is 36.8 Å². The Hall–Kier alpha value is -1.43. The third kappa shape index (κ3) is 3.67. The van der Waals surface area contributed by atoms with E-state index in [9.17, 15) is 4.79 Å². The van der Waals surface area contributed by atoms with Gasteiger partial charge in [0.05, 0.1) is 12.7 Å². The maximum absolute atomic E-state index is 11.1. The van der Waals surface area contributed by atoms with Crippen molar-refractivity contribution in [3.05, 3.63) is 11.7 Å². The van der Waals surface area contributed by atoms with Crippen LogP contribution in [0.3, 0.4) is 0 Å². The van der Waals surface area contributed by atoms with Crippen molar-refractivity contribution in [3.63, 3.8) is 0 Å². The smallest absolute Gasteiger partial charge is 0.379 e. The summed E-state index contributed by atoms with van der Waals surface area (Å²) in [6.07, 6.45) is 0.539. The minimum absolute atomic E-state index is 0.0718. The molecular weight excluding hydrogens is 200 g/mol. The predicted octanol–water partition coefficient (Wildman–Crippen LogP) is 0.560. The molecule has 1 aromatic rings. The molecule has 0 bridgehead atoms. The highest BCUT2D eigenvalue weighted by molar-refractivity contribution is 5.84. The maximum atomic E-state index is 11.1. The first-order valence-corrected chi connectivity index (χ1v) is 4.81. The fourth-order valence-electron chi connectivity index (χ4n) is 0.967. The standard InChI is InChI=1S/C9H14N2O4/c1-3-14-9(13)8-10-7(15-11-8)5-4-6(2)12/h6,12H,3-5H2,1-2H3. The lowest BCUT2D eigenvalue weighted by atomic mass is 10.2. The van der Waals surface area contributed by atoms with Crippen LogP contribution in [0.4, 0.5) is 0 Å². The molecule has 0 aliphatic carbocycles. The fourth-order valence-corrected chi connectivity index (χ4v) is 0.967. The summed E-state index contributed by atoms with van der Waals surface area (Å²) < 4.78 is 9.50. The molecule has 1 heterocycles. The van der Waals surface area contributed by atoms with E-state index in [0.29, 0.717) is 18.7 Å². The SMILES string of the molecule is CCOC(=O)c1noc(CCC(C)O)n1. The van der Waals surface area contributed by atoms with Gasteiger partial charge in [0.25, 0.3) is 5.82 Å². The second-order valence-corrected chi connectivity index (χ2v) is 3.12. The van der Waals surface area contributed by atoms with E-state index in [1.165, 1.54) is 0 Å². The highest BCUT2D eigenvalue weighted by Gasteiger charge is 2.15. The summed E-state index contributed by atoms with van der Waals surface area (Å²) in [6, 6.07) is 0. The molecule has 0 amide bonds. The van der Waals surface area contributed by atoms with Crippen molar-refractivity contribution < 1.29 is 19.2 Å². The van der Waals surface area contributed by atoms with Crippen molar-refractivity contribution in [1.29, 1.82) is 0 Å². The highest BCUT2D eigenvalue weighted by atomic mass is 16.5. The molecule has 1 rings (SSSR count). The second kappa shape index (κ2) is 5.45. The van der Waals surface area contributed by atoms with Crippen LogP contribution < -0.4 is 0 Å². The fraction of sp³-hybridized carbons (Fsp3) is 0.667. The van der Waals surface area contributed by atoms with Crippen molar-refractivity contribution in [1.82, 2.24) is 10.1 Å². The molecule has 6 nitrogen and oxygen atoms in total. The number of aliphatic hydroxyl groups excluding tert-OH is 1. The lowest BCUT2D eigenvalue weighted by Crippen LogP contribution is -2.07. The first kappa shape index (κ1) is 11.6. The number of esters is 1. The van der Waals surface area contributed by atoms with Gasteiger partial charge in [-0.15, -0.1) is 0 Å². The van der Waals surface area contributed by atoms with Crippen molar-refractivity contribution in [2.45, 2.75) is 32.8 Å². The van der Waals surface area contributed by atoms with Crippen LogP contribution in [0.25, 0.3) is 0 Å². The molecule has 15 heavy (non-hydrogen) atoms. The van der Waals surface area contributed by atoms with Crippen molar-refractivity contribution in [2.75, 3.05) is 6.61 Å². The Kier molecular flexibility index (Phi) is 4.23. The molecule has 0 fully saturated rings. The zero-order chi connectivity index (χ0) is 11.3. The maximum Gasteiger partial charge on any atom is 0.379 e. The molecule has 1 N–H and O–H groups in total. The Morgan fingerprint density at radius 3 is 3.00 bits per heavy atom. The van der Waals surface area contributed by atoms with Gasteiger partial charge in [-0.2, -0.15) is 4.98 Å². The van der Waals surface area contributed by atoms with Gasteiger partial charge in [0.1, 0.15) is 0 Å². The molecule has 0 aromatic carbocycles. The van der Waals surface area contributed by atoms with Gasteiger partial charge >= 0.3 is 5.97 Å². The van der Waals surface area contributed by atoms with E-state index in [1.807, 2.05) is 0 Å². The van der Waals surface area contributed by atoms with Crippen LogP contribution in [-0.2, 0) is 11.2 Å². The molecule has 6 heteroatoms. The summed E-state index contributed by atoms with van der Waals surface area (Å²) in [5.74, 6) is -0.332. The minimum atomic E-state index is -0.593. The molecule has 0 saturated carbocycles. The molecule has 0 saturated heterocycles. The lowest BCUT2D eigenvalue weighted by Gasteiger charge is -1.98. The summed E-state index contributed by atoms with van der Waals surface area (Å²) in [4.78, 5) is 15.0. The van der Waals surface area contributed by atoms with Crippen LogP contribution >= 0.6 is 0 Å². The zero-order valence-electron chi connectivity index (χ0n) is 8.77. The number of hydrogen-bond donors (Lipinski definition) is 1. The number of hydrogen-bond acceptors (Lipinski definition) is 6. The van der Waals surface area contributed by atoms with E-state index in [0.717, 1.165) is 0 Å². The number of carbonyl (C=O) groups is 1. The van der Waals surface area contributed by atoms with Gasteiger partial charge < -0.3 is 14.4 Å². The van der Waals surface area contributed by atoms with E-state index < -0.39 is 12.1 Å². The first-order valence-electron chi connectivity index (χ1n) is 4.81. The average molecular weight is 214 g/mol. The van der Waals surface area contributed by atoms with Crippen LogP contribution in [0.15, 0.2) is 4.52 Å². The summed E-state index contributed by atoms with van der Waals surface area (Å²) in [5, 5.41) is 12.5. The number of carbonyl (C=O) groups excluding carboxylic acids is 1. The summed E-state index contributed by atoms with van der Waals surface area (Å²) in [6.45, 7) is 3.64. The topological polar surface area (TPSA) is 85.5 Å². The van der Waals surface area contributed by atoms with Crippen molar-refractivity contribution >= 4 is 5.97 Å². The van der Waals surface area contributed by atoms with Gasteiger partial charge in [0.15, 0.2) is 0 Å². The number of nitrogens with zero attached hydrogens (tertiary/aromatic N) is 2. The second-order valence-electron chi connectivity index (χ2n) is 3.12. The van der Waals surface area contributed by atoms with Gasteiger partial charge in [-0.05, 0) is 25.4 Å². The molecular formula is C9H14N2O4. The van der Waals surface area contributed by atoms with E-state index >= 15 is 0 Å². The molecule has 0 aliphatic rings. The van der Waals surface area contributed by atoms with Crippen molar-refractivity contribution in [3.8, 4) is 0 Å². The third-order valence-corrected chi connectivity index (χ3v) is 1.70. The van der Waals surface area contributed by atoms with Crippen LogP contribution in [-0.4, -0.2) is 33.9 Å². The molecule has 0 aliphatic heterocycles. The van der Waals surface area contributed by atoms with Gasteiger partial charge in [0, 0.05) is 6.42 Å². The molecule has 0 radical (unpaired) electrons. The Labute approximate surface area is 87.2 Å². The molecule has 1 atom stereocenters. The Morgan fingerprint density at radius 1 is 1.67 bits per heavy atom. The van der Waals surface area contributed by atoms with E-state index in [1.54, 1.807) is 13.8 Å². The average Bonchev–Trinajstić information content (AvgIpc) is 2.63. The van der Waals surface area contributed by atoms with Gasteiger partial charge in [-0.25, -0.2) is 4.79 Å². The van der Waals surface area contributed by atoms with Crippen LogP contribution in [0, 0.1) is 0 Å². The minimum Gasteiger partial charge on any atom is -0.460 e. The van der Waals surface area contributed by atoms with E-state index in [4.69, 9.17) is 14.4 Å². The largest absolute Gasteiger partial charge is 0.460 e. The molecule has 84 valence electrons. The zero-order valence-corrected chi connectivity index (χ0v) is 8.77. The summed E-state index contributed by atoms with van der Waals surface area (Å²) in [5.41, 5.74) is 0. The summed E-state index contributed by atoms with van der Waals surface area (Å²) in [7, 11) is 0. The molecule has 0 spiro atoms. The van der Waals surface area contributed by atoms with Crippen molar-refractivity contribution in [2.24, 2.45) is 0 Å². The molecule has 1 aromatic heterocycles. The van der Waals surface area contributed by atoms with Crippen LogP contribution in [0.2, 0.25) is 0 Å². The number of aromatic nitrogens is 2. The number of ether oxygens (including phenoxy) is 1. The molecule has 1 unspecified atom stereocenters. The highest BCUT2D eigenvalue weighted by Crippen LogP contribution is 2.04. The first-order chi connectivity index (χ1) is 7.13. The van der Waals surface area contributed by atoms with Gasteiger partial charge in [-0.1, -0.05) is 0 Å². The third-order valence-electron chi connectivity index (χ3n) is 1.70. The Bertz CT molecular complexity index is 322. The number of rotatable bonds is 5. The Balaban J connectivity index is 2.52. The van der Waals surface area contributed by atoms with E-state index in [-0.39, 0.29) is 12.4 Å². The Morgan fingerprint density at radius 2 is 2.40 bits per heavy atom. The number of aryl methyl sites for hydroxylation is 1. The predicted molar refractivity (Wildman–Crippen MR) is 50.3 cm³/mol. The lowest BCUT2D eigenvalue weighted by molar-refractivity contribution is 0.0508. The van der Waals surface area contributed by atoms with Gasteiger partial charge in [0.2, 0.25) is 5.89 Å². The normalized spacial score (nSPS) is 12.5.